The molecule has 1 heterocycles. The van der Waals surface area contributed by atoms with Crippen LogP contribution < -0.4 is 15.4 Å². The minimum Gasteiger partial charge on any atom is -0.496 e. The van der Waals surface area contributed by atoms with Crippen molar-refractivity contribution in [2.24, 2.45) is 49.2 Å². The van der Waals surface area contributed by atoms with Gasteiger partial charge in [0, 0.05) is 67.0 Å². The normalized spacial score (nSPS) is 14.2. The Morgan fingerprint density at radius 2 is 0.927 bits per heavy atom. The summed E-state index contributed by atoms with van der Waals surface area (Å²) in [7, 11) is 1.62. The fraction of sp³-hybridized carbons (Fsp3) is 0.636. The van der Waals surface area contributed by atoms with Gasteiger partial charge in [0.25, 0.3) is 5.91 Å². The highest BCUT2D eigenvalue weighted by atomic mass is 16.5. The molecule has 0 aliphatic carbocycles. The van der Waals surface area contributed by atoms with Gasteiger partial charge in [-0.05, 0) is 156 Å². The maximum atomic E-state index is 12.3. The molecule has 3 amide bonds. The Morgan fingerprint density at radius 1 is 0.473 bits per heavy atom. The van der Waals surface area contributed by atoms with Gasteiger partial charge in [0.15, 0.2) is 5.78 Å². The van der Waals surface area contributed by atoms with Gasteiger partial charge < -0.3 is 25.0 Å². The Kier molecular flexibility index (Phi) is 38.4. The molecule has 2 N–H and O–H groups in total. The number of amides is 3. The van der Waals surface area contributed by atoms with Gasteiger partial charge in [-0.2, -0.15) is 0 Å². The van der Waals surface area contributed by atoms with Crippen molar-refractivity contribution in [1.82, 2.24) is 10.2 Å². The van der Waals surface area contributed by atoms with Crippen LogP contribution in [0, 0.1) is 49.2 Å². The number of ketones is 2. The standard InChI is InChI=1S/C19H30O.C18H28O3.C17H27NO.C16H25NO.C15H22O.C14H27NO/c1-18(2,3)14-17(20)13-16(19(4,5)6)12-15-10-8-7-9-11-15;1-17(2,3)10-11-21-16(19)13-8-9-14(18(4,5)6)15(12-13)20-7;1-16(2,3)11-12-18-15(19)13-7-9-14(10-8-13)17(4,5)6;1-15(2,3)11-14(18)17-13-10-8-7-9-12(13)16(4,5)6;1-14(2,3)12-9-7-11(8-10-12)13(16)15(4,5)6;1-13(2,3)10-12(16)15-9-7-8-11(15)14(4,5)6/h7-11,16H,12-14H2,1-6H3;8-9,12H,10-11H2,1-7H3;7-10H,11-12H2,1-6H3,(H,18,19);7-10H,11H2,1-6H3,(H,17,18);7-10H,1-6H3;11H,7-10H2,1-6H3. The lowest BCUT2D eigenvalue weighted by Gasteiger charge is -2.36. The number of rotatable bonds is 16. The topological polar surface area (TPSA) is 148 Å². The largest absolute Gasteiger partial charge is 0.496 e. The third-order valence-corrected chi connectivity index (χ3v) is 18.9. The fourth-order valence-corrected chi connectivity index (χ4v) is 12.3. The molecule has 5 aromatic carbocycles. The second-order valence-corrected chi connectivity index (χ2v) is 44.1. The summed E-state index contributed by atoms with van der Waals surface area (Å²) in [6, 6.07) is 40.4. The van der Waals surface area contributed by atoms with Gasteiger partial charge in [0.05, 0.1) is 19.3 Å². The van der Waals surface area contributed by atoms with Crippen molar-refractivity contribution in [1.29, 1.82) is 0 Å². The summed E-state index contributed by atoms with van der Waals surface area (Å²) in [5, 5.41) is 6.01. The average Bonchev–Trinajstić information content (AvgIpc) is 1.12. The van der Waals surface area contributed by atoms with E-state index in [-0.39, 0.29) is 88.5 Å². The third-order valence-electron chi connectivity index (χ3n) is 18.9. The monoisotopic (exact) mass is 1520 g/mol. The van der Waals surface area contributed by atoms with Crippen molar-refractivity contribution < 1.29 is 38.2 Å². The number of esters is 1. The van der Waals surface area contributed by atoms with Gasteiger partial charge in [0.1, 0.15) is 11.5 Å². The number of benzene rings is 5. The molecule has 0 saturated carbocycles. The zero-order valence-corrected chi connectivity index (χ0v) is 76.9. The summed E-state index contributed by atoms with van der Waals surface area (Å²) in [6.07, 6.45) is 7.71. The molecule has 0 spiro atoms. The second kappa shape index (κ2) is 41.8. The summed E-state index contributed by atoms with van der Waals surface area (Å²) in [4.78, 5) is 74.8. The predicted octanol–water partition coefficient (Wildman–Crippen LogP) is 26.1. The van der Waals surface area contributed by atoms with E-state index < -0.39 is 0 Å². The molecule has 2 atom stereocenters. The van der Waals surface area contributed by atoms with E-state index in [9.17, 15) is 28.8 Å². The number of ether oxygens (including phenoxy) is 2. The number of para-hydroxylation sites is 1. The molecule has 0 radical (unpaired) electrons. The Balaban J connectivity index is 0.000000662. The van der Waals surface area contributed by atoms with E-state index in [1.165, 1.54) is 28.7 Å². The highest BCUT2D eigenvalue weighted by Gasteiger charge is 2.38. The molecule has 1 saturated heterocycles. The van der Waals surface area contributed by atoms with Gasteiger partial charge in [-0.25, -0.2) is 4.79 Å². The molecule has 1 aliphatic rings. The molecule has 11 nitrogen and oxygen atoms in total. The van der Waals surface area contributed by atoms with Gasteiger partial charge in [-0.1, -0.05) is 340 Å². The molecule has 0 bridgehead atoms. The SMILES string of the molecule is CC(C)(C)C(=O)c1ccc(C(C)(C)C)cc1.CC(C)(C)CC(=O)CC(Cc1ccccc1)C(C)(C)C.CC(C)(C)CC(=O)N1CCCC1C(C)(C)C.CC(C)(C)CC(=O)Nc1ccccc1C(C)(C)C.CC(C)(C)CCNC(=O)c1ccc(C(C)(C)C)cc1.COc1cc(C(=O)OCCC(C)(C)C)ccc1C(C)(C)C. The molecular formula is C99H159N3O8. The lowest BCUT2D eigenvalue weighted by atomic mass is 9.73. The smallest absolute Gasteiger partial charge is 0.338 e. The van der Waals surface area contributed by atoms with Crippen LogP contribution in [0.5, 0.6) is 5.75 Å². The number of hydrogen-bond donors (Lipinski definition) is 2. The van der Waals surface area contributed by atoms with E-state index in [2.05, 4.69) is 286 Å². The molecule has 618 valence electrons. The summed E-state index contributed by atoms with van der Waals surface area (Å²) in [6.45, 7) is 79.2. The van der Waals surface area contributed by atoms with Crippen LogP contribution in [0.2, 0.25) is 0 Å². The average molecular weight is 1520 g/mol. The Bertz CT molecular complexity index is 3620. The zero-order chi connectivity index (χ0) is 85.4. The molecule has 1 aliphatic heterocycles. The molecule has 0 aromatic heterocycles. The molecule has 6 rings (SSSR count). The zero-order valence-electron chi connectivity index (χ0n) is 76.9. The minimum atomic E-state index is -0.302. The summed E-state index contributed by atoms with van der Waals surface area (Å²) in [5.74, 6) is 1.88. The van der Waals surface area contributed by atoms with Crippen molar-refractivity contribution in [3.05, 3.63) is 166 Å². The lowest BCUT2D eigenvalue weighted by molar-refractivity contribution is -0.135. The number of likely N-dealkylation sites (tertiary alicyclic amines) is 1. The van der Waals surface area contributed by atoms with Gasteiger partial charge in [-0.3, -0.25) is 24.0 Å². The third kappa shape index (κ3) is 41.6. The molecule has 11 heteroatoms. The first-order chi connectivity index (χ1) is 49.5. The van der Waals surface area contributed by atoms with Crippen molar-refractivity contribution >= 4 is 40.9 Å². The van der Waals surface area contributed by atoms with E-state index in [1.54, 1.807) is 13.2 Å². The second-order valence-electron chi connectivity index (χ2n) is 44.1. The highest BCUT2D eigenvalue weighted by molar-refractivity contribution is 6.00. The summed E-state index contributed by atoms with van der Waals surface area (Å²) in [5.41, 5.74) is 10.1. The van der Waals surface area contributed by atoms with Gasteiger partial charge in [-0.15, -0.1) is 0 Å². The predicted molar refractivity (Wildman–Crippen MR) is 469 cm³/mol. The van der Waals surface area contributed by atoms with Crippen molar-refractivity contribution in [3.8, 4) is 5.75 Å². The minimum absolute atomic E-state index is 0.0146. The van der Waals surface area contributed by atoms with E-state index in [0.717, 1.165) is 66.9 Å². The summed E-state index contributed by atoms with van der Waals surface area (Å²) >= 11 is 0. The number of Topliss-reactive ketones (excluding diaryl/α,β-unsaturated/α-hetero) is 2. The number of hydrogen-bond acceptors (Lipinski definition) is 8. The lowest BCUT2D eigenvalue weighted by Crippen LogP contribution is -2.44. The number of nitrogens with zero attached hydrogens (tertiary/aromatic N) is 1. The first kappa shape index (κ1) is 101. The first-order valence-electron chi connectivity index (χ1n) is 40.7. The van der Waals surface area contributed by atoms with Crippen LogP contribution in [0.4, 0.5) is 5.69 Å². The quantitative estimate of drug-likeness (QED) is 0.0733. The Hall–Kier alpha value is -6.88. The van der Waals surface area contributed by atoms with E-state index >= 15 is 0 Å². The van der Waals surface area contributed by atoms with Crippen molar-refractivity contribution in [2.75, 3.05) is 32.1 Å². The maximum absolute atomic E-state index is 12.3. The molecule has 2 unspecified atom stereocenters. The molecule has 5 aromatic rings. The van der Waals surface area contributed by atoms with Crippen LogP contribution in [-0.4, -0.2) is 73.0 Å². The molecule has 110 heavy (non-hydrogen) atoms. The van der Waals surface area contributed by atoms with Crippen LogP contribution in [0.25, 0.3) is 0 Å². The molecular weight excluding hydrogens is 1360 g/mol. The van der Waals surface area contributed by atoms with Crippen LogP contribution in [0.15, 0.2) is 121 Å². The number of carbonyl (C=O) groups is 6. The van der Waals surface area contributed by atoms with Crippen molar-refractivity contribution in [3.63, 3.8) is 0 Å². The maximum Gasteiger partial charge on any atom is 0.338 e. The van der Waals surface area contributed by atoms with E-state index in [4.69, 9.17) is 9.47 Å². The number of anilines is 1. The first-order valence-corrected chi connectivity index (χ1v) is 40.7. The van der Waals surface area contributed by atoms with Crippen molar-refractivity contribution in [2.45, 2.75) is 335 Å². The number of carbonyl (C=O) groups excluding carboxylic acids is 6. The van der Waals surface area contributed by atoms with Gasteiger partial charge in [0.2, 0.25) is 11.8 Å². The number of methoxy groups -OCH3 is 1. The Morgan fingerprint density at radius 3 is 1.35 bits per heavy atom. The fourth-order valence-electron chi connectivity index (χ4n) is 12.3. The van der Waals surface area contributed by atoms with Gasteiger partial charge >= 0.3 is 5.97 Å². The van der Waals surface area contributed by atoms with Crippen LogP contribution >= 0.6 is 0 Å². The molecule has 1 fully saturated rings. The highest BCUT2D eigenvalue weighted by Crippen LogP contribution is 2.38. The van der Waals surface area contributed by atoms with Crippen LogP contribution in [0.1, 0.15) is 360 Å². The number of nitrogens with one attached hydrogen (secondary N) is 2. The van der Waals surface area contributed by atoms with E-state index in [0.29, 0.717) is 61.5 Å². The summed E-state index contributed by atoms with van der Waals surface area (Å²) < 4.78 is 10.7. The van der Waals surface area contributed by atoms with Crippen LogP contribution in [0.3, 0.4) is 0 Å². The van der Waals surface area contributed by atoms with E-state index in [1.807, 2.05) is 93.6 Å². The van der Waals surface area contributed by atoms with Crippen LogP contribution in [-0.2, 0) is 47.2 Å². The Labute approximate surface area is 673 Å².